The van der Waals surface area contributed by atoms with Gasteiger partial charge in [-0.3, -0.25) is 0 Å². The molecule has 0 unspecified atom stereocenters. The van der Waals surface area contributed by atoms with Gasteiger partial charge in [-0.2, -0.15) is 5.26 Å². The third-order valence-electron chi connectivity index (χ3n) is 3.11. The fourth-order valence-corrected chi connectivity index (χ4v) is 1.91. The van der Waals surface area contributed by atoms with Gasteiger partial charge in [-0.15, -0.1) is 0 Å². The van der Waals surface area contributed by atoms with E-state index in [1.165, 1.54) is 12.1 Å². The van der Waals surface area contributed by atoms with Crippen LogP contribution in [0.15, 0.2) is 30.3 Å². The van der Waals surface area contributed by atoms with E-state index in [1.807, 2.05) is 26.0 Å². The fourth-order valence-electron chi connectivity index (χ4n) is 1.91. The minimum absolute atomic E-state index is 0.0197. The maximum atomic E-state index is 13.2. The van der Waals surface area contributed by atoms with Crippen molar-refractivity contribution in [3.8, 4) is 11.8 Å². The van der Waals surface area contributed by atoms with Gasteiger partial charge in [0.25, 0.3) is 0 Å². The van der Waals surface area contributed by atoms with E-state index in [1.54, 1.807) is 12.1 Å². The summed E-state index contributed by atoms with van der Waals surface area (Å²) in [6.45, 7) is 4.14. The number of nitrogen functional groups attached to an aromatic ring is 1. The van der Waals surface area contributed by atoms with Crippen LogP contribution in [-0.4, -0.2) is 0 Å². The third kappa shape index (κ3) is 2.89. The van der Waals surface area contributed by atoms with Crippen LogP contribution in [0.2, 0.25) is 0 Å². The number of halogens is 1. The third-order valence-corrected chi connectivity index (χ3v) is 3.11. The van der Waals surface area contributed by atoms with Crippen LogP contribution in [0.25, 0.3) is 0 Å². The second-order valence-electron chi connectivity index (χ2n) is 4.69. The zero-order valence-electron chi connectivity index (χ0n) is 11.4. The Morgan fingerprint density at radius 3 is 2.65 bits per heavy atom. The summed E-state index contributed by atoms with van der Waals surface area (Å²) < 4.78 is 18.9. The molecule has 0 spiro atoms. The normalized spacial score (nSPS) is 10.1. The highest BCUT2D eigenvalue weighted by Crippen LogP contribution is 2.25. The second kappa shape index (κ2) is 5.62. The van der Waals surface area contributed by atoms with E-state index < -0.39 is 5.82 Å². The summed E-state index contributed by atoms with van der Waals surface area (Å²) in [4.78, 5) is 0. The number of nitrogens with zero attached hydrogens (tertiary/aromatic N) is 1. The van der Waals surface area contributed by atoms with Crippen LogP contribution in [0.5, 0.6) is 5.75 Å². The summed E-state index contributed by atoms with van der Waals surface area (Å²) in [5.41, 5.74) is 9.27. The van der Waals surface area contributed by atoms with Crippen molar-refractivity contribution in [1.82, 2.24) is 0 Å². The van der Waals surface area contributed by atoms with Gasteiger partial charge < -0.3 is 10.5 Å². The Hall–Kier alpha value is -2.54. The number of rotatable bonds is 3. The van der Waals surface area contributed by atoms with Crippen molar-refractivity contribution in [2.75, 3.05) is 5.73 Å². The van der Waals surface area contributed by atoms with E-state index in [9.17, 15) is 4.39 Å². The Kier molecular flexibility index (Phi) is 3.90. The number of nitriles is 1. The Morgan fingerprint density at radius 1 is 1.20 bits per heavy atom. The maximum absolute atomic E-state index is 13.2. The molecule has 0 amide bonds. The topological polar surface area (TPSA) is 59.0 Å². The molecule has 0 bridgehead atoms. The highest BCUT2D eigenvalue weighted by molar-refractivity contribution is 5.54. The van der Waals surface area contributed by atoms with E-state index in [2.05, 4.69) is 0 Å². The molecule has 0 atom stereocenters. The number of ether oxygens (including phenoxy) is 1. The Balaban J connectivity index is 2.17. The monoisotopic (exact) mass is 270 g/mol. The van der Waals surface area contributed by atoms with E-state index in [-0.39, 0.29) is 12.2 Å². The highest BCUT2D eigenvalue weighted by atomic mass is 19.1. The lowest BCUT2D eigenvalue weighted by atomic mass is 10.1. The summed E-state index contributed by atoms with van der Waals surface area (Å²) in [5.74, 6) is 0.169. The number of aryl methyl sites for hydroxylation is 2. The molecule has 2 aromatic rings. The quantitative estimate of drug-likeness (QED) is 0.869. The molecule has 102 valence electrons. The first-order chi connectivity index (χ1) is 9.51. The molecule has 20 heavy (non-hydrogen) atoms. The first-order valence-electron chi connectivity index (χ1n) is 6.19. The molecule has 0 saturated carbocycles. The lowest BCUT2D eigenvalue weighted by Gasteiger charge is -2.12. The van der Waals surface area contributed by atoms with Gasteiger partial charge in [0.05, 0.1) is 5.56 Å². The molecule has 2 N–H and O–H groups in total. The molecular formula is C16H15FN2O. The van der Waals surface area contributed by atoms with Crippen molar-refractivity contribution in [2.45, 2.75) is 20.5 Å². The highest BCUT2D eigenvalue weighted by Gasteiger charge is 2.06. The lowest BCUT2D eigenvalue weighted by molar-refractivity contribution is 0.304. The second-order valence-corrected chi connectivity index (χ2v) is 4.69. The molecule has 3 nitrogen and oxygen atoms in total. The van der Waals surface area contributed by atoms with Gasteiger partial charge in [0.1, 0.15) is 24.2 Å². The molecule has 2 rings (SSSR count). The van der Waals surface area contributed by atoms with Crippen LogP contribution in [0.4, 0.5) is 10.1 Å². The Labute approximate surface area is 117 Å². The summed E-state index contributed by atoms with van der Waals surface area (Å²) >= 11 is 0. The molecule has 0 heterocycles. The molecule has 2 aromatic carbocycles. The van der Waals surface area contributed by atoms with Gasteiger partial charge in [-0.05, 0) is 42.7 Å². The van der Waals surface area contributed by atoms with Gasteiger partial charge in [-0.25, -0.2) is 4.39 Å². The number of nitrogens with two attached hydrogens (primary N) is 1. The summed E-state index contributed by atoms with van der Waals surface area (Å²) in [5, 5.41) is 8.79. The van der Waals surface area contributed by atoms with E-state index in [0.717, 1.165) is 16.7 Å². The average Bonchev–Trinajstić information content (AvgIpc) is 2.43. The molecule has 0 aliphatic heterocycles. The Bertz CT molecular complexity index is 690. The molecule has 0 aromatic heterocycles. The number of benzene rings is 2. The largest absolute Gasteiger partial charge is 0.489 e. The van der Waals surface area contributed by atoms with Gasteiger partial charge in [0.2, 0.25) is 0 Å². The van der Waals surface area contributed by atoms with Crippen molar-refractivity contribution in [3.05, 3.63) is 58.4 Å². The van der Waals surface area contributed by atoms with Crippen molar-refractivity contribution in [1.29, 1.82) is 5.26 Å². The van der Waals surface area contributed by atoms with Gasteiger partial charge >= 0.3 is 0 Å². The smallest absolute Gasteiger partial charge is 0.140 e. The SMILES string of the molecule is Cc1cc(C)c(OCc2ccc(F)c(C#N)c2)cc1N. The number of hydrogen-bond donors (Lipinski definition) is 1. The van der Waals surface area contributed by atoms with Crippen molar-refractivity contribution < 1.29 is 9.13 Å². The zero-order chi connectivity index (χ0) is 14.7. The van der Waals surface area contributed by atoms with Crippen molar-refractivity contribution >= 4 is 5.69 Å². The van der Waals surface area contributed by atoms with E-state index in [0.29, 0.717) is 11.4 Å². The number of hydrogen-bond acceptors (Lipinski definition) is 3. The molecule has 4 heteroatoms. The van der Waals surface area contributed by atoms with Crippen LogP contribution in [-0.2, 0) is 6.61 Å². The average molecular weight is 270 g/mol. The maximum Gasteiger partial charge on any atom is 0.140 e. The van der Waals surface area contributed by atoms with Gasteiger partial charge in [-0.1, -0.05) is 12.1 Å². The van der Waals surface area contributed by atoms with E-state index >= 15 is 0 Å². The zero-order valence-corrected chi connectivity index (χ0v) is 11.4. The number of anilines is 1. The molecule has 0 fully saturated rings. The Morgan fingerprint density at radius 2 is 1.95 bits per heavy atom. The predicted octanol–water partition coefficient (Wildman–Crippen LogP) is 3.48. The molecular weight excluding hydrogens is 255 g/mol. The summed E-state index contributed by atoms with van der Waals surface area (Å²) in [6.07, 6.45) is 0. The van der Waals surface area contributed by atoms with Crippen molar-refractivity contribution in [2.24, 2.45) is 0 Å². The van der Waals surface area contributed by atoms with Gasteiger partial charge in [0, 0.05) is 11.8 Å². The first-order valence-corrected chi connectivity index (χ1v) is 6.19. The van der Waals surface area contributed by atoms with Gasteiger partial charge in [0.15, 0.2) is 0 Å². The molecule has 0 radical (unpaired) electrons. The molecule has 0 saturated heterocycles. The van der Waals surface area contributed by atoms with Crippen LogP contribution in [0.1, 0.15) is 22.3 Å². The fraction of sp³-hybridized carbons (Fsp3) is 0.188. The van der Waals surface area contributed by atoms with Crippen LogP contribution in [0.3, 0.4) is 0 Å². The van der Waals surface area contributed by atoms with Crippen LogP contribution >= 0.6 is 0 Å². The van der Waals surface area contributed by atoms with Crippen LogP contribution < -0.4 is 10.5 Å². The van der Waals surface area contributed by atoms with E-state index in [4.69, 9.17) is 15.7 Å². The minimum Gasteiger partial charge on any atom is -0.489 e. The molecule has 0 aliphatic carbocycles. The first kappa shape index (κ1) is 13.9. The minimum atomic E-state index is -0.521. The van der Waals surface area contributed by atoms with Crippen LogP contribution in [0, 0.1) is 31.0 Å². The molecule has 0 aliphatic rings. The lowest BCUT2D eigenvalue weighted by Crippen LogP contribution is -2.00. The van der Waals surface area contributed by atoms with Crippen molar-refractivity contribution in [3.63, 3.8) is 0 Å². The predicted molar refractivity (Wildman–Crippen MR) is 75.8 cm³/mol. The summed E-state index contributed by atoms with van der Waals surface area (Å²) in [6, 6.07) is 9.90. The standard InChI is InChI=1S/C16H15FN2O/c1-10-5-11(2)16(7-15(10)19)20-9-12-3-4-14(17)13(6-12)8-18/h3-7H,9,19H2,1-2H3. The summed E-state index contributed by atoms with van der Waals surface area (Å²) in [7, 11) is 0.